The highest BCUT2D eigenvalue weighted by Gasteiger charge is 2.43. The van der Waals surface area contributed by atoms with Crippen molar-refractivity contribution in [3.05, 3.63) is 10.4 Å². The Kier molecular flexibility index (Phi) is 5.59. The molecule has 98 valence electrons. The van der Waals surface area contributed by atoms with Crippen molar-refractivity contribution in [3.8, 4) is 0 Å². The summed E-state index contributed by atoms with van der Waals surface area (Å²) in [5.41, 5.74) is 8.03. The summed E-state index contributed by atoms with van der Waals surface area (Å²) in [7, 11) is 0. The van der Waals surface area contributed by atoms with Gasteiger partial charge in [-0.3, -0.25) is 0 Å². The smallest absolute Gasteiger partial charge is 0.186 e. The lowest BCUT2D eigenvalue weighted by Crippen LogP contribution is -2.59. The van der Waals surface area contributed by atoms with Crippen LogP contribution in [0.5, 0.6) is 0 Å². The van der Waals surface area contributed by atoms with Gasteiger partial charge in [0.05, 0.1) is 13.2 Å². The van der Waals surface area contributed by atoms with Crippen LogP contribution in [0.15, 0.2) is 5.11 Å². The monoisotopic (exact) mass is 249 g/mol. The zero-order valence-electron chi connectivity index (χ0n) is 8.96. The lowest BCUT2D eigenvalue weighted by atomic mass is 9.99. The summed E-state index contributed by atoms with van der Waals surface area (Å²) in [6.45, 7) is -0.473. The number of rotatable bonds is 5. The third-order valence-electron chi connectivity index (χ3n) is 2.39. The van der Waals surface area contributed by atoms with Gasteiger partial charge in [0.15, 0.2) is 6.29 Å². The Morgan fingerprint density at radius 1 is 1.24 bits per heavy atom. The molecule has 9 heteroatoms. The Balaban J connectivity index is 2.50. The van der Waals surface area contributed by atoms with Gasteiger partial charge in [0.2, 0.25) is 0 Å². The molecule has 1 rings (SSSR count). The van der Waals surface area contributed by atoms with Crippen molar-refractivity contribution in [3.63, 3.8) is 0 Å². The van der Waals surface area contributed by atoms with Crippen LogP contribution in [0.3, 0.4) is 0 Å². The molecule has 0 unspecified atom stereocenters. The van der Waals surface area contributed by atoms with Crippen molar-refractivity contribution < 1.29 is 29.9 Å². The predicted octanol–water partition coefficient (Wildman–Crippen LogP) is -1.89. The quantitative estimate of drug-likeness (QED) is 0.194. The lowest BCUT2D eigenvalue weighted by Gasteiger charge is -2.39. The summed E-state index contributed by atoms with van der Waals surface area (Å²) < 4.78 is 10.1. The summed E-state index contributed by atoms with van der Waals surface area (Å²) >= 11 is 0. The Morgan fingerprint density at radius 2 is 1.94 bits per heavy atom. The molecule has 0 amide bonds. The molecule has 0 aliphatic carbocycles. The average Bonchev–Trinajstić information content (AvgIpc) is 2.34. The molecule has 9 nitrogen and oxygen atoms in total. The molecule has 0 aromatic heterocycles. The van der Waals surface area contributed by atoms with Gasteiger partial charge in [0, 0.05) is 11.5 Å². The maximum absolute atomic E-state index is 9.53. The minimum absolute atomic E-state index is 0.00719. The summed E-state index contributed by atoms with van der Waals surface area (Å²) in [5, 5.41) is 40.5. The van der Waals surface area contributed by atoms with Gasteiger partial charge in [-0.1, -0.05) is 5.11 Å². The first kappa shape index (κ1) is 14.1. The van der Waals surface area contributed by atoms with Gasteiger partial charge >= 0.3 is 0 Å². The van der Waals surface area contributed by atoms with E-state index < -0.39 is 37.3 Å². The van der Waals surface area contributed by atoms with Crippen molar-refractivity contribution in [2.24, 2.45) is 5.11 Å². The van der Waals surface area contributed by atoms with Gasteiger partial charge in [0.25, 0.3) is 0 Å². The van der Waals surface area contributed by atoms with E-state index in [0.29, 0.717) is 0 Å². The number of ether oxygens (including phenoxy) is 2. The lowest BCUT2D eigenvalue weighted by molar-refractivity contribution is -0.300. The molecule has 1 fully saturated rings. The van der Waals surface area contributed by atoms with Crippen LogP contribution in [-0.4, -0.2) is 70.9 Å². The molecule has 0 radical (unpaired) electrons. The highest BCUT2D eigenvalue weighted by molar-refractivity contribution is 4.88. The second kappa shape index (κ2) is 6.72. The molecule has 0 spiro atoms. The standard InChI is InChI=1S/C8H15N3O6/c9-11-10-1-2-16-8-7(15)6(14)5(13)4(3-12)17-8/h4-8,12-15H,1-3H2/t4-,5-,6+,7+,8+/m1/s1. The van der Waals surface area contributed by atoms with Crippen LogP contribution in [0.1, 0.15) is 0 Å². The molecule has 1 heterocycles. The SMILES string of the molecule is [N-]=[N+]=NCCO[C@H]1O[C@H](CO)[C@@H](O)[C@H](O)[C@@H]1O. The average molecular weight is 249 g/mol. The fourth-order valence-electron chi connectivity index (χ4n) is 1.46. The Labute approximate surface area is 96.8 Å². The topological polar surface area (TPSA) is 148 Å². The van der Waals surface area contributed by atoms with Gasteiger partial charge in [-0.15, -0.1) is 0 Å². The van der Waals surface area contributed by atoms with Gasteiger partial charge in [-0.05, 0) is 5.53 Å². The second-order valence-corrected chi connectivity index (χ2v) is 3.52. The molecule has 0 bridgehead atoms. The van der Waals surface area contributed by atoms with Crippen LogP contribution in [0.25, 0.3) is 10.4 Å². The van der Waals surface area contributed by atoms with E-state index in [1.165, 1.54) is 0 Å². The zero-order valence-corrected chi connectivity index (χ0v) is 8.96. The third-order valence-corrected chi connectivity index (χ3v) is 2.39. The van der Waals surface area contributed by atoms with Crippen LogP contribution < -0.4 is 0 Å². The van der Waals surface area contributed by atoms with Gasteiger partial charge in [0.1, 0.15) is 24.4 Å². The number of hydrogen-bond acceptors (Lipinski definition) is 7. The van der Waals surface area contributed by atoms with Gasteiger partial charge < -0.3 is 29.9 Å². The van der Waals surface area contributed by atoms with E-state index in [1.807, 2.05) is 0 Å². The van der Waals surface area contributed by atoms with Crippen LogP contribution in [-0.2, 0) is 9.47 Å². The number of aliphatic hydroxyl groups excluding tert-OH is 4. The number of azide groups is 1. The summed E-state index contributed by atoms with van der Waals surface area (Å²) in [5.74, 6) is 0. The third kappa shape index (κ3) is 3.51. The van der Waals surface area contributed by atoms with Gasteiger partial charge in [-0.25, -0.2) is 0 Å². The summed E-state index contributed by atoms with van der Waals surface area (Å²) in [6.07, 6.45) is -6.49. The molecule has 1 saturated heterocycles. The Morgan fingerprint density at radius 3 is 2.53 bits per heavy atom. The maximum atomic E-state index is 9.53. The molecule has 5 atom stereocenters. The normalized spacial score (nSPS) is 37.5. The van der Waals surface area contributed by atoms with E-state index in [-0.39, 0.29) is 13.2 Å². The van der Waals surface area contributed by atoms with Crippen LogP contribution in [0.4, 0.5) is 0 Å². The zero-order chi connectivity index (χ0) is 12.8. The van der Waals surface area contributed by atoms with Crippen molar-refractivity contribution in [1.82, 2.24) is 0 Å². The van der Waals surface area contributed by atoms with E-state index in [1.54, 1.807) is 0 Å². The van der Waals surface area contributed by atoms with Crippen LogP contribution >= 0.6 is 0 Å². The van der Waals surface area contributed by atoms with E-state index in [0.717, 1.165) is 0 Å². The Hall–Kier alpha value is -0.930. The van der Waals surface area contributed by atoms with E-state index in [9.17, 15) is 15.3 Å². The molecular weight excluding hydrogens is 234 g/mol. The Bertz CT molecular complexity index is 282. The minimum atomic E-state index is -1.47. The predicted molar refractivity (Wildman–Crippen MR) is 53.7 cm³/mol. The molecule has 1 aliphatic rings. The number of nitrogens with zero attached hydrogens (tertiary/aromatic N) is 3. The fourth-order valence-corrected chi connectivity index (χ4v) is 1.46. The van der Waals surface area contributed by atoms with Crippen molar-refractivity contribution >= 4 is 0 Å². The first-order valence-corrected chi connectivity index (χ1v) is 5.04. The van der Waals surface area contributed by atoms with Crippen molar-refractivity contribution in [2.75, 3.05) is 19.8 Å². The fraction of sp³-hybridized carbons (Fsp3) is 1.00. The molecule has 4 N–H and O–H groups in total. The highest BCUT2D eigenvalue weighted by Crippen LogP contribution is 2.21. The van der Waals surface area contributed by atoms with Crippen LogP contribution in [0, 0.1) is 0 Å². The van der Waals surface area contributed by atoms with Gasteiger partial charge in [-0.2, -0.15) is 0 Å². The minimum Gasteiger partial charge on any atom is -0.394 e. The summed E-state index contributed by atoms with van der Waals surface area (Å²) in [4.78, 5) is 2.51. The largest absolute Gasteiger partial charge is 0.394 e. The van der Waals surface area contributed by atoms with E-state index >= 15 is 0 Å². The summed E-state index contributed by atoms with van der Waals surface area (Å²) in [6, 6.07) is 0. The van der Waals surface area contributed by atoms with Crippen molar-refractivity contribution in [1.29, 1.82) is 0 Å². The first-order chi connectivity index (χ1) is 8.11. The molecule has 0 saturated carbocycles. The van der Waals surface area contributed by atoms with Crippen LogP contribution in [0.2, 0.25) is 0 Å². The number of hydrogen-bond donors (Lipinski definition) is 4. The highest BCUT2D eigenvalue weighted by atomic mass is 16.7. The molecule has 0 aromatic rings. The maximum Gasteiger partial charge on any atom is 0.186 e. The second-order valence-electron chi connectivity index (χ2n) is 3.52. The van der Waals surface area contributed by atoms with E-state index in [4.69, 9.17) is 20.1 Å². The van der Waals surface area contributed by atoms with E-state index in [2.05, 4.69) is 10.0 Å². The molecule has 1 aliphatic heterocycles. The van der Waals surface area contributed by atoms with Crippen molar-refractivity contribution in [2.45, 2.75) is 30.7 Å². The molecule has 0 aromatic carbocycles. The molecule has 17 heavy (non-hydrogen) atoms. The first-order valence-electron chi connectivity index (χ1n) is 5.04. The number of aliphatic hydroxyl groups is 4. The molecular formula is C8H15N3O6.